The van der Waals surface area contributed by atoms with E-state index in [9.17, 15) is 4.79 Å². The number of methoxy groups -OCH3 is 1. The van der Waals surface area contributed by atoms with Gasteiger partial charge in [0, 0.05) is 22.2 Å². The summed E-state index contributed by atoms with van der Waals surface area (Å²) < 4.78 is 17.4. The largest absolute Gasteiger partial charge is 0.465 e. The molecular formula is C22H19ClO4. The standard InChI is InChI=1S/C22H19ClO4/c1-4-6-10-15(5-2)22(16-11-8-7-9-12-16)26-19-14-17(23)13-18(20(19)27-22)21(24)25-3/h4-14H,2H2,1,3H3/b6-4-,15-10+. The molecule has 0 saturated carbocycles. The van der Waals surface area contributed by atoms with E-state index in [1.807, 2.05) is 55.5 Å². The molecule has 0 spiro atoms. The number of hydrogen-bond acceptors (Lipinski definition) is 4. The molecular weight excluding hydrogens is 364 g/mol. The number of hydrogen-bond donors (Lipinski definition) is 0. The Balaban J connectivity index is 2.23. The van der Waals surface area contributed by atoms with Crippen LogP contribution in [0.25, 0.3) is 0 Å². The van der Waals surface area contributed by atoms with Crippen LogP contribution >= 0.6 is 11.6 Å². The van der Waals surface area contributed by atoms with Crippen molar-refractivity contribution >= 4 is 17.6 Å². The Hall–Kier alpha value is -2.98. The number of esters is 1. The molecule has 0 fully saturated rings. The van der Waals surface area contributed by atoms with E-state index in [0.29, 0.717) is 16.3 Å². The summed E-state index contributed by atoms with van der Waals surface area (Å²) in [6, 6.07) is 12.6. The average Bonchev–Trinajstić information content (AvgIpc) is 3.08. The maximum atomic E-state index is 12.2. The molecule has 0 aromatic heterocycles. The molecule has 1 atom stereocenters. The summed E-state index contributed by atoms with van der Waals surface area (Å²) in [6.07, 6.45) is 7.27. The van der Waals surface area contributed by atoms with Crippen molar-refractivity contribution in [3.05, 3.63) is 95.1 Å². The van der Waals surface area contributed by atoms with Gasteiger partial charge in [0.25, 0.3) is 0 Å². The molecule has 0 N–H and O–H groups in total. The molecule has 138 valence electrons. The van der Waals surface area contributed by atoms with Crippen LogP contribution < -0.4 is 9.47 Å². The molecule has 1 aliphatic rings. The lowest BCUT2D eigenvalue weighted by Gasteiger charge is -2.29. The van der Waals surface area contributed by atoms with Gasteiger partial charge >= 0.3 is 11.8 Å². The van der Waals surface area contributed by atoms with E-state index in [1.54, 1.807) is 12.1 Å². The minimum Gasteiger partial charge on any atom is -0.465 e. The summed E-state index contributed by atoms with van der Waals surface area (Å²) >= 11 is 6.18. The molecule has 2 aromatic rings. The molecule has 0 aliphatic carbocycles. The predicted octanol–water partition coefficient (Wildman–Crippen LogP) is 5.44. The summed E-state index contributed by atoms with van der Waals surface area (Å²) in [6.45, 7) is 5.81. The second-order valence-electron chi connectivity index (χ2n) is 5.81. The topological polar surface area (TPSA) is 44.8 Å². The van der Waals surface area contributed by atoms with Gasteiger partial charge in [-0.1, -0.05) is 72.8 Å². The first kappa shape index (κ1) is 18.8. The fraction of sp³-hybridized carbons (Fsp3) is 0.136. The summed E-state index contributed by atoms with van der Waals surface area (Å²) in [7, 11) is 1.30. The molecule has 5 heteroatoms. The molecule has 0 saturated heterocycles. The number of allylic oxidation sites excluding steroid dienone is 3. The van der Waals surface area contributed by atoms with Crippen LogP contribution in [0.4, 0.5) is 0 Å². The number of benzene rings is 2. The number of carbonyl (C=O) groups is 1. The molecule has 4 nitrogen and oxygen atoms in total. The van der Waals surface area contributed by atoms with Crippen molar-refractivity contribution in [3.8, 4) is 11.5 Å². The van der Waals surface area contributed by atoms with E-state index in [-0.39, 0.29) is 11.3 Å². The second kappa shape index (κ2) is 7.72. The van der Waals surface area contributed by atoms with Crippen molar-refractivity contribution in [2.24, 2.45) is 0 Å². The Morgan fingerprint density at radius 1 is 1.22 bits per heavy atom. The first-order valence-corrected chi connectivity index (χ1v) is 8.74. The lowest BCUT2D eigenvalue weighted by molar-refractivity contribution is -0.0469. The fourth-order valence-electron chi connectivity index (χ4n) is 2.90. The number of fused-ring (bicyclic) bond motifs is 1. The number of halogens is 1. The summed E-state index contributed by atoms with van der Waals surface area (Å²) in [5.41, 5.74) is 1.63. The average molecular weight is 383 g/mol. The van der Waals surface area contributed by atoms with Crippen LogP contribution in [0.3, 0.4) is 0 Å². The lowest BCUT2D eigenvalue weighted by atomic mass is 9.96. The highest BCUT2D eigenvalue weighted by Gasteiger charge is 2.47. The first-order valence-electron chi connectivity index (χ1n) is 8.37. The van der Waals surface area contributed by atoms with E-state index in [1.165, 1.54) is 13.2 Å². The van der Waals surface area contributed by atoms with Crippen molar-refractivity contribution in [3.63, 3.8) is 0 Å². The van der Waals surface area contributed by atoms with Crippen LogP contribution in [0.15, 0.2) is 78.9 Å². The summed E-state index contributed by atoms with van der Waals surface area (Å²) in [4.78, 5) is 12.2. The Kier molecular flexibility index (Phi) is 5.38. The number of rotatable bonds is 5. The van der Waals surface area contributed by atoms with E-state index in [0.717, 1.165) is 5.56 Å². The van der Waals surface area contributed by atoms with Crippen LogP contribution in [-0.2, 0) is 10.5 Å². The zero-order chi connectivity index (χ0) is 19.4. The normalized spacial score (nSPS) is 18.6. The molecule has 0 radical (unpaired) electrons. The van der Waals surface area contributed by atoms with Gasteiger partial charge in [-0.2, -0.15) is 0 Å². The monoisotopic (exact) mass is 382 g/mol. The maximum Gasteiger partial charge on any atom is 0.341 e. The van der Waals surface area contributed by atoms with Gasteiger partial charge < -0.3 is 14.2 Å². The molecule has 27 heavy (non-hydrogen) atoms. The number of carbonyl (C=O) groups excluding carboxylic acids is 1. The van der Waals surface area contributed by atoms with Crippen molar-refractivity contribution in [2.45, 2.75) is 12.7 Å². The minimum atomic E-state index is -1.29. The highest BCUT2D eigenvalue weighted by Crippen LogP contribution is 2.50. The highest BCUT2D eigenvalue weighted by atomic mass is 35.5. The summed E-state index contributed by atoms with van der Waals surface area (Å²) in [5.74, 6) is -1.21. The van der Waals surface area contributed by atoms with Gasteiger partial charge in [0.1, 0.15) is 5.56 Å². The van der Waals surface area contributed by atoms with E-state index in [4.69, 9.17) is 25.8 Å². The lowest BCUT2D eigenvalue weighted by Crippen LogP contribution is -2.37. The molecule has 0 amide bonds. The van der Waals surface area contributed by atoms with Crippen LogP contribution in [0.2, 0.25) is 5.02 Å². The zero-order valence-electron chi connectivity index (χ0n) is 15.1. The third-order valence-electron chi connectivity index (χ3n) is 4.15. The van der Waals surface area contributed by atoms with Crippen LogP contribution in [0, 0.1) is 0 Å². The quantitative estimate of drug-likeness (QED) is 0.510. The SMILES string of the molecule is C=C/C(=C\C=C/C)C1(c2ccccc2)Oc2cc(Cl)cc(C(=O)OC)c2O1. The Labute approximate surface area is 163 Å². The van der Waals surface area contributed by atoms with Crippen molar-refractivity contribution < 1.29 is 19.0 Å². The smallest absolute Gasteiger partial charge is 0.341 e. The van der Waals surface area contributed by atoms with Gasteiger partial charge in [0.05, 0.1) is 7.11 Å². The van der Waals surface area contributed by atoms with Gasteiger partial charge in [-0.05, 0) is 13.0 Å². The van der Waals surface area contributed by atoms with Crippen LogP contribution in [0.5, 0.6) is 11.5 Å². The molecule has 1 heterocycles. The first-order chi connectivity index (χ1) is 13.1. The van der Waals surface area contributed by atoms with Crippen LogP contribution in [0.1, 0.15) is 22.8 Å². The molecule has 1 unspecified atom stereocenters. The molecule has 2 aromatic carbocycles. The van der Waals surface area contributed by atoms with E-state index < -0.39 is 11.8 Å². The van der Waals surface area contributed by atoms with Gasteiger partial charge in [0.15, 0.2) is 11.5 Å². The van der Waals surface area contributed by atoms with Gasteiger partial charge in [-0.3, -0.25) is 0 Å². The van der Waals surface area contributed by atoms with Crippen molar-refractivity contribution in [2.75, 3.05) is 7.11 Å². The highest BCUT2D eigenvalue weighted by molar-refractivity contribution is 6.31. The third kappa shape index (κ3) is 3.36. The second-order valence-corrected chi connectivity index (χ2v) is 6.25. The Morgan fingerprint density at radius 2 is 1.96 bits per heavy atom. The third-order valence-corrected chi connectivity index (χ3v) is 4.36. The van der Waals surface area contributed by atoms with Gasteiger partial charge in [0.2, 0.25) is 0 Å². The molecule has 0 bridgehead atoms. The molecule has 3 rings (SSSR count). The van der Waals surface area contributed by atoms with Crippen molar-refractivity contribution in [1.82, 2.24) is 0 Å². The zero-order valence-corrected chi connectivity index (χ0v) is 15.8. The van der Waals surface area contributed by atoms with Crippen LogP contribution in [-0.4, -0.2) is 13.1 Å². The van der Waals surface area contributed by atoms with Crippen molar-refractivity contribution in [1.29, 1.82) is 0 Å². The van der Waals surface area contributed by atoms with E-state index in [2.05, 4.69) is 6.58 Å². The summed E-state index contributed by atoms with van der Waals surface area (Å²) in [5, 5.41) is 0.346. The number of ether oxygens (including phenoxy) is 3. The van der Waals surface area contributed by atoms with E-state index >= 15 is 0 Å². The van der Waals surface area contributed by atoms with Gasteiger partial charge in [-0.25, -0.2) is 4.79 Å². The minimum absolute atomic E-state index is 0.201. The maximum absolute atomic E-state index is 12.2. The fourth-order valence-corrected chi connectivity index (χ4v) is 3.11. The molecule has 1 aliphatic heterocycles. The van der Waals surface area contributed by atoms with Gasteiger partial charge in [-0.15, -0.1) is 0 Å². The Morgan fingerprint density at radius 3 is 2.59 bits per heavy atom. The Bertz CT molecular complexity index is 931. The predicted molar refractivity (Wildman–Crippen MR) is 105 cm³/mol.